The van der Waals surface area contributed by atoms with Crippen molar-refractivity contribution in [2.24, 2.45) is 5.92 Å². The maximum atomic E-state index is 13.5. The van der Waals surface area contributed by atoms with Gasteiger partial charge in [-0.05, 0) is 43.4 Å². The molecule has 4 rings (SSSR count). The number of rotatable bonds is 3. The van der Waals surface area contributed by atoms with Crippen molar-refractivity contribution in [3.8, 4) is 0 Å². The van der Waals surface area contributed by atoms with E-state index < -0.39 is 17.6 Å². The van der Waals surface area contributed by atoms with E-state index in [4.69, 9.17) is 0 Å². The Kier molecular flexibility index (Phi) is 2.46. The first kappa shape index (κ1) is 12.0. The summed E-state index contributed by atoms with van der Waals surface area (Å²) in [6, 6.07) is 2.56. The number of nitrogens with one attached hydrogen (secondary N) is 1. The summed E-state index contributed by atoms with van der Waals surface area (Å²) in [4.78, 5) is 0. The van der Waals surface area contributed by atoms with Crippen LogP contribution in [-0.2, 0) is 12.7 Å². The summed E-state index contributed by atoms with van der Waals surface area (Å²) < 4.78 is 51.0. The maximum absolute atomic E-state index is 13.5. The fourth-order valence-electron chi connectivity index (χ4n) is 2.86. The standard InChI is InChI=1S/C13H13F4N/c14-11-2-1-10(13(15,16)17)3-9(11)7-18-12-4-8(5-12)6-12/h1-3,8,18H,4-7H2. The van der Waals surface area contributed by atoms with E-state index >= 15 is 0 Å². The summed E-state index contributed by atoms with van der Waals surface area (Å²) in [5.41, 5.74) is -0.612. The molecule has 1 N–H and O–H groups in total. The third-order valence-electron chi connectivity index (χ3n) is 4.07. The minimum absolute atomic E-state index is 0.0886. The third kappa shape index (κ3) is 1.90. The second-order valence-electron chi connectivity index (χ2n) is 5.42. The molecule has 3 aliphatic carbocycles. The molecule has 0 unspecified atom stereocenters. The molecule has 5 heteroatoms. The van der Waals surface area contributed by atoms with E-state index in [0.29, 0.717) is 0 Å². The summed E-state index contributed by atoms with van der Waals surface area (Å²) in [6.45, 7) is 0.169. The number of alkyl halides is 3. The van der Waals surface area contributed by atoms with E-state index in [2.05, 4.69) is 5.32 Å². The molecule has 2 bridgehead atoms. The third-order valence-corrected chi connectivity index (χ3v) is 4.07. The van der Waals surface area contributed by atoms with E-state index in [9.17, 15) is 17.6 Å². The molecule has 1 nitrogen and oxygen atoms in total. The Hall–Kier alpha value is -1.10. The van der Waals surface area contributed by atoms with Crippen LogP contribution in [0.5, 0.6) is 0 Å². The van der Waals surface area contributed by atoms with Gasteiger partial charge >= 0.3 is 6.18 Å². The van der Waals surface area contributed by atoms with Gasteiger partial charge in [0.25, 0.3) is 0 Å². The van der Waals surface area contributed by atoms with Crippen LogP contribution in [0.4, 0.5) is 17.6 Å². The Balaban J connectivity index is 1.73. The fourth-order valence-corrected chi connectivity index (χ4v) is 2.86. The van der Waals surface area contributed by atoms with Gasteiger partial charge in [-0.15, -0.1) is 0 Å². The van der Waals surface area contributed by atoms with Crippen LogP contribution in [0.1, 0.15) is 30.4 Å². The first-order valence-electron chi connectivity index (χ1n) is 5.99. The number of halogens is 4. The predicted octanol–water partition coefficient (Wildman–Crippen LogP) is 3.49. The summed E-state index contributed by atoms with van der Waals surface area (Å²) in [5, 5.41) is 3.19. The molecule has 0 aromatic heterocycles. The normalized spacial score (nSPS) is 29.7. The average molecular weight is 259 g/mol. The molecule has 0 spiro atoms. The first-order valence-corrected chi connectivity index (χ1v) is 5.99. The first-order chi connectivity index (χ1) is 8.38. The molecule has 3 saturated carbocycles. The topological polar surface area (TPSA) is 12.0 Å². The van der Waals surface area contributed by atoms with Crippen LogP contribution >= 0.6 is 0 Å². The van der Waals surface area contributed by atoms with Gasteiger partial charge in [-0.3, -0.25) is 0 Å². The highest BCUT2D eigenvalue weighted by Gasteiger charge is 2.56. The largest absolute Gasteiger partial charge is 0.416 e. The monoisotopic (exact) mass is 259 g/mol. The minimum atomic E-state index is -4.42. The van der Waals surface area contributed by atoms with Gasteiger partial charge in [0, 0.05) is 17.6 Å². The van der Waals surface area contributed by atoms with Crippen LogP contribution in [0.15, 0.2) is 18.2 Å². The molecule has 3 fully saturated rings. The molecule has 3 aliphatic rings. The Bertz CT molecular complexity index is 463. The fraction of sp³-hybridized carbons (Fsp3) is 0.538. The molecule has 0 radical (unpaired) electrons. The Morgan fingerprint density at radius 1 is 1.22 bits per heavy atom. The Morgan fingerprint density at radius 2 is 1.89 bits per heavy atom. The molecule has 0 aliphatic heterocycles. The molecule has 1 aromatic carbocycles. The molecular formula is C13H13F4N. The Morgan fingerprint density at radius 3 is 2.39 bits per heavy atom. The van der Waals surface area contributed by atoms with Crippen molar-refractivity contribution in [3.63, 3.8) is 0 Å². The van der Waals surface area contributed by atoms with E-state index in [1.807, 2.05) is 0 Å². The average Bonchev–Trinajstić information content (AvgIpc) is 2.14. The van der Waals surface area contributed by atoms with Crippen LogP contribution in [0.3, 0.4) is 0 Å². The van der Waals surface area contributed by atoms with E-state index in [1.165, 1.54) is 0 Å². The van der Waals surface area contributed by atoms with Crippen molar-refractivity contribution in [2.75, 3.05) is 0 Å². The van der Waals surface area contributed by atoms with Gasteiger partial charge in [0.05, 0.1) is 5.56 Å². The van der Waals surface area contributed by atoms with Crippen LogP contribution in [-0.4, -0.2) is 5.54 Å². The lowest BCUT2D eigenvalue weighted by Gasteiger charge is -2.62. The SMILES string of the molecule is Fc1ccc(C(F)(F)F)cc1CNC12CC(C1)C2. The predicted molar refractivity (Wildman–Crippen MR) is 58.3 cm³/mol. The van der Waals surface area contributed by atoms with E-state index in [0.717, 1.165) is 43.4 Å². The van der Waals surface area contributed by atoms with Crippen LogP contribution in [0.2, 0.25) is 0 Å². The Labute approximate surface area is 102 Å². The van der Waals surface area contributed by atoms with Crippen molar-refractivity contribution in [1.29, 1.82) is 0 Å². The van der Waals surface area contributed by atoms with Gasteiger partial charge < -0.3 is 5.32 Å². The number of benzene rings is 1. The van der Waals surface area contributed by atoms with Crippen molar-refractivity contribution < 1.29 is 17.6 Å². The van der Waals surface area contributed by atoms with Gasteiger partial charge in [0.1, 0.15) is 5.82 Å². The molecule has 0 saturated heterocycles. The van der Waals surface area contributed by atoms with Gasteiger partial charge in [-0.1, -0.05) is 0 Å². The number of hydrogen-bond acceptors (Lipinski definition) is 1. The van der Waals surface area contributed by atoms with Crippen LogP contribution in [0, 0.1) is 11.7 Å². The molecule has 1 aromatic rings. The van der Waals surface area contributed by atoms with Gasteiger partial charge in [0.15, 0.2) is 0 Å². The minimum Gasteiger partial charge on any atom is -0.307 e. The van der Waals surface area contributed by atoms with Crippen molar-refractivity contribution in [3.05, 3.63) is 35.1 Å². The zero-order chi connectivity index (χ0) is 13.0. The zero-order valence-electron chi connectivity index (χ0n) is 9.65. The van der Waals surface area contributed by atoms with Gasteiger partial charge in [-0.25, -0.2) is 4.39 Å². The maximum Gasteiger partial charge on any atom is 0.416 e. The molecule has 0 heterocycles. The lowest BCUT2D eigenvalue weighted by atomic mass is 9.50. The highest BCUT2D eigenvalue weighted by molar-refractivity contribution is 5.28. The quantitative estimate of drug-likeness (QED) is 0.819. The van der Waals surface area contributed by atoms with Crippen LogP contribution in [0.25, 0.3) is 0 Å². The van der Waals surface area contributed by atoms with Crippen molar-refractivity contribution in [2.45, 2.75) is 37.5 Å². The second kappa shape index (κ2) is 3.70. The van der Waals surface area contributed by atoms with Crippen molar-refractivity contribution >= 4 is 0 Å². The smallest absolute Gasteiger partial charge is 0.307 e. The second-order valence-corrected chi connectivity index (χ2v) is 5.42. The number of hydrogen-bond donors (Lipinski definition) is 1. The molecule has 18 heavy (non-hydrogen) atoms. The van der Waals surface area contributed by atoms with Gasteiger partial charge in [-0.2, -0.15) is 13.2 Å². The highest BCUT2D eigenvalue weighted by atomic mass is 19.4. The lowest BCUT2D eigenvalue weighted by Crippen LogP contribution is -2.66. The van der Waals surface area contributed by atoms with Crippen molar-refractivity contribution in [1.82, 2.24) is 5.32 Å². The van der Waals surface area contributed by atoms with Crippen LogP contribution < -0.4 is 5.32 Å². The molecule has 0 amide bonds. The molecule has 98 valence electrons. The summed E-state index contributed by atoms with van der Waals surface area (Å²) >= 11 is 0. The van der Waals surface area contributed by atoms with Gasteiger partial charge in [0.2, 0.25) is 0 Å². The van der Waals surface area contributed by atoms with E-state index in [1.54, 1.807) is 0 Å². The lowest BCUT2D eigenvalue weighted by molar-refractivity contribution is -0.137. The highest BCUT2D eigenvalue weighted by Crippen LogP contribution is 2.57. The summed E-state index contributed by atoms with van der Waals surface area (Å²) in [5.74, 6) is 0.200. The summed E-state index contributed by atoms with van der Waals surface area (Å²) in [6.07, 6.45) is -1.19. The zero-order valence-corrected chi connectivity index (χ0v) is 9.65. The molecular weight excluding hydrogens is 246 g/mol. The molecule has 0 atom stereocenters. The summed E-state index contributed by atoms with van der Waals surface area (Å²) in [7, 11) is 0. The van der Waals surface area contributed by atoms with E-state index in [-0.39, 0.29) is 17.6 Å².